The van der Waals surface area contributed by atoms with Crippen LogP contribution >= 0.6 is 0 Å². The molecule has 1 heterocycles. The van der Waals surface area contributed by atoms with E-state index in [1.165, 1.54) is 12.1 Å². The summed E-state index contributed by atoms with van der Waals surface area (Å²) in [5.41, 5.74) is -0.229. The molecule has 0 unspecified atom stereocenters. The lowest BCUT2D eigenvalue weighted by atomic mass is 9.96. The first kappa shape index (κ1) is 12.2. The van der Waals surface area contributed by atoms with E-state index >= 15 is 0 Å². The van der Waals surface area contributed by atoms with Gasteiger partial charge in [-0.25, -0.2) is 9.29 Å². The van der Waals surface area contributed by atoms with Crippen LogP contribution in [0.2, 0.25) is 0 Å². The first-order valence-electron chi connectivity index (χ1n) is 5.59. The van der Waals surface area contributed by atoms with Gasteiger partial charge in [0.05, 0.1) is 5.69 Å². The maximum atomic E-state index is 13.5. The molecule has 5 heteroatoms. The molecule has 0 aromatic heterocycles. The minimum absolute atomic E-state index is 0.0136. The summed E-state index contributed by atoms with van der Waals surface area (Å²) in [6.45, 7) is 1.81. The van der Waals surface area contributed by atoms with E-state index in [4.69, 9.17) is 5.26 Å². The summed E-state index contributed by atoms with van der Waals surface area (Å²) in [4.78, 5) is 24.7. The number of halogens is 1. The van der Waals surface area contributed by atoms with E-state index in [2.05, 4.69) is 0 Å². The van der Waals surface area contributed by atoms with Crippen molar-refractivity contribution >= 4 is 17.5 Å². The number of amides is 2. The van der Waals surface area contributed by atoms with Crippen LogP contribution in [0.1, 0.15) is 25.3 Å². The van der Waals surface area contributed by atoms with Gasteiger partial charge in [0.25, 0.3) is 0 Å². The van der Waals surface area contributed by atoms with Crippen LogP contribution in [-0.4, -0.2) is 11.8 Å². The van der Waals surface area contributed by atoms with Crippen molar-refractivity contribution in [2.24, 2.45) is 5.92 Å². The Morgan fingerprint density at radius 2 is 1.94 bits per heavy atom. The Morgan fingerprint density at radius 3 is 2.50 bits per heavy atom. The molecule has 1 aliphatic rings. The minimum Gasteiger partial charge on any atom is -0.274 e. The molecule has 1 saturated heterocycles. The molecule has 2 rings (SSSR count). The van der Waals surface area contributed by atoms with Gasteiger partial charge in [0, 0.05) is 12.8 Å². The maximum Gasteiger partial charge on any atom is 0.234 e. The van der Waals surface area contributed by atoms with Crippen molar-refractivity contribution in [3.8, 4) is 6.07 Å². The third-order valence-corrected chi connectivity index (χ3v) is 2.89. The molecule has 1 aromatic carbocycles. The molecular formula is C13H11FN2O2. The van der Waals surface area contributed by atoms with Crippen molar-refractivity contribution in [1.82, 2.24) is 0 Å². The monoisotopic (exact) mass is 246 g/mol. The highest BCUT2D eigenvalue weighted by atomic mass is 19.1. The Hall–Kier alpha value is -2.22. The maximum absolute atomic E-state index is 13.5. The second-order valence-electron chi connectivity index (χ2n) is 4.38. The fourth-order valence-corrected chi connectivity index (χ4v) is 2.07. The molecule has 92 valence electrons. The van der Waals surface area contributed by atoms with E-state index in [0.717, 1.165) is 11.0 Å². The average molecular weight is 246 g/mol. The van der Waals surface area contributed by atoms with E-state index in [-0.39, 0.29) is 41.8 Å². The number of nitrogens with zero attached hydrogens (tertiary/aromatic N) is 2. The van der Waals surface area contributed by atoms with Gasteiger partial charge in [-0.1, -0.05) is 13.0 Å². The number of hydrogen-bond acceptors (Lipinski definition) is 3. The van der Waals surface area contributed by atoms with E-state index < -0.39 is 5.82 Å². The van der Waals surface area contributed by atoms with Crippen LogP contribution in [0, 0.1) is 23.1 Å². The van der Waals surface area contributed by atoms with Crippen LogP contribution in [0.3, 0.4) is 0 Å². The molecule has 0 aliphatic carbocycles. The van der Waals surface area contributed by atoms with Crippen molar-refractivity contribution in [3.05, 3.63) is 29.6 Å². The van der Waals surface area contributed by atoms with Crippen LogP contribution in [0.25, 0.3) is 0 Å². The topological polar surface area (TPSA) is 61.2 Å². The molecule has 0 radical (unpaired) electrons. The van der Waals surface area contributed by atoms with Gasteiger partial charge in [0.2, 0.25) is 11.8 Å². The van der Waals surface area contributed by atoms with Gasteiger partial charge >= 0.3 is 0 Å². The van der Waals surface area contributed by atoms with E-state index in [9.17, 15) is 14.0 Å². The Morgan fingerprint density at radius 1 is 1.33 bits per heavy atom. The van der Waals surface area contributed by atoms with Crippen LogP contribution in [0.4, 0.5) is 10.1 Å². The van der Waals surface area contributed by atoms with Crippen LogP contribution < -0.4 is 4.90 Å². The Bertz CT molecular complexity index is 545. The second-order valence-corrected chi connectivity index (χ2v) is 4.38. The first-order chi connectivity index (χ1) is 8.54. The SMILES string of the molecule is CC1CC(=O)N(c2cccc(F)c2C#N)C(=O)C1. The number of nitriles is 1. The van der Waals surface area contributed by atoms with Crippen molar-refractivity contribution in [3.63, 3.8) is 0 Å². The molecule has 0 N–H and O–H groups in total. The standard InChI is InChI=1S/C13H11FN2O2/c1-8-5-12(17)16(13(18)6-8)11-4-2-3-10(14)9(11)7-15/h2-4,8H,5-6H2,1H3. The summed E-state index contributed by atoms with van der Waals surface area (Å²) < 4.78 is 13.5. The smallest absolute Gasteiger partial charge is 0.234 e. The van der Waals surface area contributed by atoms with Gasteiger partial charge in [0.1, 0.15) is 17.4 Å². The molecule has 1 aliphatic heterocycles. The zero-order valence-electron chi connectivity index (χ0n) is 9.81. The minimum atomic E-state index is -0.728. The Labute approximate surface area is 104 Å². The number of carbonyl (C=O) groups is 2. The molecule has 1 fully saturated rings. The summed E-state index contributed by atoms with van der Waals surface area (Å²) in [7, 11) is 0. The fraction of sp³-hybridized carbons (Fsp3) is 0.308. The molecule has 1 aromatic rings. The van der Waals surface area contributed by atoms with Crippen molar-refractivity contribution in [2.45, 2.75) is 19.8 Å². The first-order valence-corrected chi connectivity index (χ1v) is 5.59. The lowest BCUT2D eigenvalue weighted by molar-refractivity contribution is -0.130. The van der Waals surface area contributed by atoms with E-state index in [1.54, 1.807) is 6.07 Å². The number of piperidine rings is 1. The molecule has 0 spiro atoms. The van der Waals surface area contributed by atoms with E-state index in [0.29, 0.717) is 0 Å². The predicted octanol–water partition coefficient (Wildman–Crippen LogP) is 1.99. The van der Waals surface area contributed by atoms with Crippen molar-refractivity contribution in [1.29, 1.82) is 5.26 Å². The summed E-state index contributed by atoms with van der Waals surface area (Å²) in [6.07, 6.45) is 0.459. The molecule has 2 amide bonds. The third kappa shape index (κ3) is 1.97. The zero-order valence-corrected chi connectivity index (χ0v) is 9.81. The van der Waals surface area contributed by atoms with Crippen LogP contribution in [0.5, 0.6) is 0 Å². The average Bonchev–Trinajstić information content (AvgIpc) is 2.27. The Balaban J connectivity index is 2.49. The van der Waals surface area contributed by atoms with E-state index in [1.807, 2.05) is 6.92 Å². The predicted molar refractivity (Wildman–Crippen MR) is 62.0 cm³/mol. The zero-order chi connectivity index (χ0) is 13.3. The highest BCUT2D eigenvalue weighted by molar-refractivity contribution is 6.17. The molecular weight excluding hydrogens is 235 g/mol. The van der Waals surface area contributed by atoms with Crippen molar-refractivity contribution < 1.29 is 14.0 Å². The number of carbonyl (C=O) groups excluding carboxylic acids is 2. The highest BCUT2D eigenvalue weighted by Crippen LogP contribution is 2.28. The summed E-state index contributed by atoms with van der Waals surface area (Å²) in [5.74, 6) is -1.52. The third-order valence-electron chi connectivity index (χ3n) is 2.89. The van der Waals surface area contributed by atoms with Crippen LogP contribution in [-0.2, 0) is 9.59 Å². The number of rotatable bonds is 1. The fourth-order valence-electron chi connectivity index (χ4n) is 2.07. The number of benzene rings is 1. The number of anilines is 1. The van der Waals surface area contributed by atoms with Crippen LogP contribution in [0.15, 0.2) is 18.2 Å². The number of imide groups is 1. The summed E-state index contributed by atoms with van der Waals surface area (Å²) in [6, 6.07) is 5.61. The highest BCUT2D eigenvalue weighted by Gasteiger charge is 2.33. The molecule has 0 bridgehead atoms. The lowest BCUT2D eigenvalue weighted by Gasteiger charge is -2.28. The molecule has 0 atom stereocenters. The van der Waals surface area contributed by atoms with Gasteiger partial charge in [-0.05, 0) is 18.1 Å². The largest absolute Gasteiger partial charge is 0.274 e. The van der Waals surface area contributed by atoms with Gasteiger partial charge in [0.15, 0.2) is 0 Å². The summed E-state index contributed by atoms with van der Waals surface area (Å²) >= 11 is 0. The summed E-state index contributed by atoms with van der Waals surface area (Å²) in [5, 5.41) is 8.92. The Kier molecular flexibility index (Phi) is 3.11. The molecule has 18 heavy (non-hydrogen) atoms. The normalized spacial score (nSPS) is 16.8. The van der Waals surface area contributed by atoms with Crippen molar-refractivity contribution in [2.75, 3.05) is 4.90 Å². The lowest BCUT2D eigenvalue weighted by Crippen LogP contribution is -2.43. The second kappa shape index (κ2) is 4.57. The van der Waals surface area contributed by atoms with Gasteiger partial charge in [-0.2, -0.15) is 5.26 Å². The van der Waals surface area contributed by atoms with Gasteiger partial charge in [-0.3, -0.25) is 9.59 Å². The van der Waals surface area contributed by atoms with Gasteiger partial charge in [-0.15, -0.1) is 0 Å². The molecule has 4 nitrogen and oxygen atoms in total. The van der Waals surface area contributed by atoms with Gasteiger partial charge < -0.3 is 0 Å². The number of hydrogen-bond donors (Lipinski definition) is 0. The molecule has 0 saturated carbocycles. The quantitative estimate of drug-likeness (QED) is 0.712.